The summed E-state index contributed by atoms with van der Waals surface area (Å²) in [5, 5.41) is 6.39. The highest BCUT2D eigenvalue weighted by Gasteiger charge is 2.34. The van der Waals surface area contributed by atoms with E-state index in [9.17, 15) is 13.2 Å². The molecule has 1 unspecified atom stereocenters. The second kappa shape index (κ2) is 9.25. The van der Waals surface area contributed by atoms with Crippen molar-refractivity contribution in [3.63, 3.8) is 0 Å². The van der Waals surface area contributed by atoms with Gasteiger partial charge < -0.3 is 15.5 Å². The van der Waals surface area contributed by atoms with Crippen LogP contribution in [0, 0.1) is 5.92 Å². The maximum absolute atomic E-state index is 12.8. The Morgan fingerprint density at radius 3 is 2.65 bits per heavy atom. The molecule has 0 spiro atoms. The minimum Gasteiger partial charge on any atom is -0.356 e. The lowest BCUT2D eigenvalue weighted by molar-refractivity contribution is -0.137. The highest BCUT2D eigenvalue weighted by molar-refractivity contribution is 14.0. The molecule has 0 bridgehead atoms. The van der Waals surface area contributed by atoms with Crippen molar-refractivity contribution < 1.29 is 13.2 Å². The van der Waals surface area contributed by atoms with E-state index in [0.717, 1.165) is 25.2 Å². The van der Waals surface area contributed by atoms with E-state index in [1.165, 1.54) is 37.9 Å². The predicted molar refractivity (Wildman–Crippen MR) is 108 cm³/mol. The molecule has 1 aliphatic heterocycles. The van der Waals surface area contributed by atoms with Crippen molar-refractivity contribution in [1.29, 1.82) is 0 Å². The topological polar surface area (TPSA) is 39.7 Å². The van der Waals surface area contributed by atoms with Gasteiger partial charge in [-0.2, -0.15) is 13.2 Å². The fraction of sp³-hybridized carbons (Fsp3) is 0.611. The molecule has 2 aliphatic rings. The zero-order chi connectivity index (χ0) is 17.9. The van der Waals surface area contributed by atoms with Gasteiger partial charge in [0.05, 0.1) is 5.56 Å². The van der Waals surface area contributed by atoms with Crippen LogP contribution in [-0.2, 0) is 12.7 Å². The lowest BCUT2D eigenvalue weighted by atomic mass is 10.1. The van der Waals surface area contributed by atoms with Gasteiger partial charge in [-0.25, -0.2) is 0 Å². The first-order chi connectivity index (χ1) is 12.0. The average molecular weight is 482 g/mol. The smallest absolute Gasteiger partial charge is 0.356 e. The lowest BCUT2D eigenvalue weighted by Crippen LogP contribution is -2.40. The summed E-state index contributed by atoms with van der Waals surface area (Å²) in [6.45, 7) is 3.45. The molecule has 1 aromatic rings. The van der Waals surface area contributed by atoms with Gasteiger partial charge >= 0.3 is 6.18 Å². The van der Waals surface area contributed by atoms with Gasteiger partial charge in [0.2, 0.25) is 0 Å². The average Bonchev–Trinajstić information content (AvgIpc) is 3.33. The molecule has 3 rings (SSSR count). The van der Waals surface area contributed by atoms with Crippen LogP contribution in [0.15, 0.2) is 29.3 Å². The number of alkyl halides is 3. The molecule has 2 N–H and O–H groups in total. The number of halogens is 4. The predicted octanol–water partition coefficient (Wildman–Crippen LogP) is 3.47. The molecule has 8 heteroatoms. The van der Waals surface area contributed by atoms with Crippen molar-refractivity contribution in [2.45, 2.75) is 38.0 Å². The molecule has 26 heavy (non-hydrogen) atoms. The summed E-state index contributed by atoms with van der Waals surface area (Å²) in [6, 6.07) is 6.18. The molecule has 1 aliphatic carbocycles. The van der Waals surface area contributed by atoms with Crippen LogP contribution in [0.1, 0.15) is 30.4 Å². The molecule has 0 radical (unpaired) electrons. The Bertz CT molecular complexity index is 617. The molecular weight excluding hydrogens is 456 g/mol. The third-order valence-electron chi connectivity index (χ3n) is 4.88. The Kier molecular flexibility index (Phi) is 7.57. The number of nitrogens with one attached hydrogen (secondary N) is 2. The number of guanidine groups is 1. The highest BCUT2D eigenvalue weighted by Crippen LogP contribution is 2.31. The van der Waals surface area contributed by atoms with E-state index in [-0.39, 0.29) is 24.0 Å². The van der Waals surface area contributed by atoms with Crippen molar-refractivity contribution in [2.75, 3.05) is 26.7 Å². The fourth-order valence-corrected chi connectivity index (χ4v) is 3.31. The van der Waals surface area contributed by atoms with Crippen LogP contribution >= 0.6 is 24.0 Å². The highest BCUT2D eigenvalue weighted by atomic mass is 127. The lowest BCUT2D eigenvalue weighted by Gasteiger charge is -2.17. The maximum atomic E-state index is 12.8. The van der Waals surface area contributed by atoms with Gasteiger partial charge in [-0.3, -0.25) is 4.99 Å². The number of aliphatic imine (C=N–C) groups is 1. The zero-order valence-corrected chi connectivity index (χ0v) is 17.2. The molecule has 1 atom stereocenters. The number of rotatable bonds is 5. The monoisotopic (exact) mass is 482 g/mol. The number of nitrogens with zero attached hydrogens (tertiary/aromatic N) is 2. The van der Waals surface area contributed by atoms with Crippen LogP contribution in [0.2, 0.25) is 0 Å². The van der Waals surface area contributed by atoms with Crippen LogP contribution in [-0.4, -0.2) is 43.6 Å². The van der Waals surface area contributed by atoms with Crippen LogP contribution in [0.5, 0.6) is 0 Å². The summed E-state index contributed by atoms with van der Waals surface area (Å²) < 4.78 is 38.3. The maximum Gasteiger partial charge on any atom is 0.416 e. The van der Waals surface area contributed by atoms with Crippen molar-refractivity contribution in [3.8, 4) is 0 Å². The first kappa shape index (κ1) is 21.3. The van der Waals surface area contributed by atoms with E-state index in [2.05, 4.69) is 20.5 Å². The molecule has 1 aromatic carbocycles. The standard InChI is InChI=1S/C18H25F3N4.HI/c1-22-17(24-11-14-7-8-25(12-14)16-5-6-16)23-10-13-3-2-4-15(9-13)18(19,20)21;/h2-4,9,14,16H,5-8,10-12H2,1H3,(H2,22,23,24);1H. The summed E-state index contributed by atoms with van der Waals surface area (Å²) in [5.41, 5.74) is -0.0422. The van der Waals surface area contributed by atoms with E-state index in [4.69, 9.17) is 0 Å². The summed E-state index contributed by atoms with van der Waals surface area (Å²) in [7, 11) is 1.67. The molecule has 2 fully saturated rings. The van der Waals surface area contributed by atoms with Gasteiger partial charge in [0.25, 0.3) is 0 Å². The van der Waals surface area contributed by atoms with E-state index in [0.29, 0.717) is 24.0 Å². The molecule has 1 saturated heterocycles. The van der Waals surface area contributed by atoms with Crippen LogP contribution < -0.4 is 10.6 Å². The van der Waals surface area contributed by atoms with Crippen molar-refractivity contribution >= 4 is 29.9 Å². The van der Waals surface area contributed by atoms with E-state index in [1.807, 2.05) is 0 Å². The normalized spacial score (nSPS) is 21.4. The van der Waals surface area contributed by atoms with Crippen molar-refractivity contribution in [2.24, 2.45) is 10.9 Å². The summed E-state index contributed by atoms with van der Waals surface area (Å²) in [5.74, 6) is 1.23. The van der Waals surface area contributed by atoms with Gasteiger partial charge in [-0.15, -0.1) is 24.0 Å². The Labute approximate surface area is 169 Å². The van der Waals surface area contributed by atoms with Gasteiger partial charge in [0.15, 0.2) is 5.96 Å². The molecule has 0 aromatic heterocycles. The zero-order valence-electron chi connectivity index (χ0n) is 14.9. The third kappa shape index (κ3) is 6.00. The first-order valence-corrected chi connectivity index (χ1v) is 8.80. The summed E-state index contributed by atoms with van der Waals surface area (Å²) in [4.78, 5) is 6.72. The van der Waals surface area contributed by atoms with Gasteiger partial charge in [0, 0.05) is 32.7 Å². The van der Waals surface area contributed by atoms with Crippen molar-refractivity contribution in [3.05, 3.63) is 35.4 Å². The van der Waals surface area contributed by atoms with E-state index in [1.54, 1.807) is 13.1 Å². The number of likely N-dealkylation sites (tertiary alicyclic amines) is 1. The number of benzene rings is 1. The van der Waals surface area contributed by atoms with Gasteiger partial charge in [-0.05, 0) is 49.4 Å². The SMILES string of the molecule is CN=C(NCc1cccc(C(F)(F)F)c1)NCC1CCN(C2CC2)C1.I. The molecule has 1 saturated carbocycles. The Hall–Kier alpha value is -1.03. The third-order valence-corrected chi connectivity index (χ3v) is 4.88. The fourth-order valence-electron chi connectivity index (χ4n) is 3.31. The Balaban J connectivity index is 0.00000243. The molecular formula is C18H26F3IN4. The second-order valence-electron chi connectivity index (χ2n) is 6.89. The summed E-state index contributed by atoms with van der Waals surface area (Å²) >= 11 is 0. The van der Waals surface area contributed by atoms with E-state index < -0.39 is 11.7 Å². The number of hydrogen-bond acceptors (Lipinski definition) is 2. The Morgan fingerprint density at radius 1 is 1.23 bits per heavy atom. The summed E-state index contributed by atoms with van der Waals surface area (Å²) in [6.07, 6.45) is -0.458. The number of hydrogen-bond donors (Lipinski definition) is 2. The van der Waals surface area contributed by atoms with Crippen LogP contribution in [0.3, 0.4) is 0 Å². The first-order valence-electron chi connectivity index (χ1n) is 8.80. The molecule has 1 heterocycles. The minimum atomic E-state index is -4.31. The van der Waals surface area contributed by atoms with Crippen LogP contribution in [0.4, 0.5) is 13.2 Å². The minimum absolute atomic E-state index is 0. The van der Waals surface area contributed by atoms with E-state index >= 15 is 0 Å². The Morgan fingerprint density at radius 2 is 2.00 bits per heavy atom. The van der Waals surface area contributed by atoms with Crippen molar-refractivity contribution in [1.82, 2.24) is 15.5 Å². The van der Waals surface area contributed by atoms with Crippen LogP contribution in [0.25, 0.3) is 0 Å². The van der Waals surface area contributed by atoms with Gasteiger partial charge in [-0.1, -0.05) is 12.1 Å². The molecule has 146 valence electrons. The largest absolute Gasteiger partial charge is 0.416 e. The second-order valence-corrected chi connectivity index (χ2v) is 6.89. The van der Waals surface area contributed by atoms with Gasteiger partial charge in [0.1, 0.15) is 0 Å². The molecule has 4 nitrogen and oxygen atoms in total. The quantitative estimate of drug-likeness (QED) is 0.384. The molecule has 0 amide bonds.